The van der Waals surface area contributed by atoms with Gasteiger partial charge < -0.3 is 14.2 Å². The van der Waals surface area contributed by atoms with Gasteiger partial charge in [-0.05, 0) is 35.9 Å². The maximum Gasteiger partial charge on any atom is 0.289 e. The molecular formula is C22H18ClFN2O3. The molecule has 2 heterocycles. The number of carbonyl (C=O) groups is 1. The lowest BCUT2D eigenvalue weighted by atomic mass is 10.0. The zero-order valence-electron chi connectivity index (χ0n) is 15.4. The van der Waals surface area contributed by atoms with Crippen molar-refractivity contribution >= 4 is 23.2 Å². The standard InChI is InChI=1S/C22H18ClFN2O3/c23-16-6-3-5-15(11-16)13-26(22(27)21-9-4-10-28-21)14-17-12-20(25-29-17)18-7-1-2-8-19(18)24/h1-11,17H,12-14H2. The van der Waals surface area contributed by atoms with Crippen LogP contribution in [0.4, 0.5) is 4.39 Å². The van der Waals surface area contributed by atoms with Gasteiger partial charge in [-0.3, -0.25) is 4.79 Å². The Morgan fingerprint density at radius 2 is 2.03 bits per heavy atom. The van der Waals surface area contributed by atoms with Crippen LogP contribution < -0.4 is 0 Å². The molecular weight excluding hydrogens is 395 g/mol. The molecule has 148 valence electrons. The van der Waals surface area contributed by atoms with Crippen LogP contribution >= 0.6 is 11.6 Å². The van der Waals surface area contributed by atoms with Crippen LogP contribution in [0.15, 0.2) is 76.5 Å². The van der Waals surface area contributed by atoms with Crippen LogP contribution in [0.2, 0.25) is 5.02 Å². The van der Waals surface area contributed by atoms with E-state index in [1.807, 2.05) is 12.1 Å². The van der Waals surface area contributed by atoms with Crippen molar-refractivity contribution in [3.63, 3.8) is 0 Å². The van der Waals surface area contributed by atoms with Gasteiger partial charge in [-0.15, -0.1) is 0 Å². The van der Waals surface area contributed by atoms with Gasteiger partial charge in [0.05, 0.1) is 18.5 Å². The third-order valence-corrected chi connectivity index (χ3v) is 4.86. The second-order valence-corrected chi connectivity index (χ2v) is 7.18. The van der Waals surface area contributed by atoms with Crippen molar-refractivity contribution in [3.8, 4) is 0 Å². The summed E-state index contributed by atoms with van der Waals surface area (Å²) in [6.07, 6.45) is 1.47. The fourth-order valence-electron chi connectivity index (χ4n) is 3.26. The van der Waals surface area contributed by atoms with Gasteiger partial charge in [0.1, 0.15) is 5.82 Å². The molecule has 2 aromatic carbocycles. The van der Waals surface area contributed by atoms with Crippen LogP contribution in [-0.2, 0) is 11.4 Å². The molecule has 29 heavy (non-hydrogen) atoms. The lowest BCUT2D eigenvalue weighted by Crippen LogP contribution is -2.37. The van der Waals surface area contributed by atoms with E-state index in [2.05, 4.69) is 5.16 Å². The number of oxime groups is 1. The van der Waals surface area contributed by atoms with Crippen LogP contribution in [0.3, 0.4) is 0 Å². The molecule has 0 radical (unpaired) electrons. The van der Waals surface area contributed by atoms with Gasteiger partial charge in [0.15, 0.2) is 11.9 Å². The third kappa shape index (κ3) is 4.49. The molecule has 0 saturated carbocycles. The SMILES string of the molecule is O=C(c1ccco1)N(Cc1cccc(Cl)c1)CC1CC(c2ccccc2F)=NO1. The Bertz CT molecular complexity index is 1040. The smallest absolute Gasteiger partial charge is 0.289 e. The van der Waals surface area contributed by atoms with Gasteiger partial charge in [0.25, 0.3) is 5.91 Å². The Kier molecular flexibility index (Phi) is 5.62. The van der Waals surface area contributed by atoms with E-state index in [0.717, 1.165) is 5.56 Å². The lowest BCUT2D eigenvalue weighted by Gasteiger charge is -2.24. The summed E-state index contributed by atoms with van der Waals surface area (Å²) in [7, 11) is 0. The predicted octanol–water partition coefficient (Wildman–Crippen LogP) is 4.91. The molecule has 0 N–H and O–H groups in total. The predicted molar refractivity (Wildman–Crippen MR) is 107 cm³/mol. The first-order valence-corrected chi connectivity index (χ1v) is 9.53. The van der Waals surface area contributed by atoms with E-state index < -0.39 is 0 Å². The minimum absolute atomic E-state index is 0.236. The van der Waals surface area contributed by atoms with E-state index in [0.29, 0.717) is 29.3 Å². The molecule has 0 aliphatic carbocycles. The maximum atomic E-state index is 14.0. The fraction of sp³-hybridized carbons (Fsp3) is 0.182. The van der Waals surface area contributed by atoms with E-state index in [4.69, 9.17) is 20.9 Å². The Morgan fingerprint density at radius 1 is 1.17 bits per heavy atom. The number of carbonyl (C=O) groups excluding carboxylic acids is 1. The van der Waals surface area contributed by atoms with Crippen molar-refractivity contribution in [2.24, 2.45) is 5.16 Å². The Hall–Kier alpha value is -3.12. The number of rotatable bonds is 6. The molecule has 0 bridgehead atoms. The molecule has 4 rings (SSSR count). The Morgan fingerprint density at radius 3 is 2.79 bits per heavy atom. The molecule has 1 aromatic heterocycles. The second-order valence-electron chi connectivity index (χ2n) is 6.74. The monoisotopic (exact) mass is 412 g/mol. The first-order chi connectivity index (χ1) is 14.1. The van der Waals surface area contributed by atoms with Crippen LogP contribution in [0.1, 0.15) is 28.1 Å². The molecule has 3 aromatic rings. The van der Waals surface area contributed by atoms with Crippen molar-refractivity contribution in [1.82, 2.24) is 4.90 Å². The lowest BCUT2D eigenvalue weighted by molar-refractivity contribution is 0.0387. The van der Waals surface area contributed by atoms with Gasteiger partial charge in [-0.25, -0.2) is 4.39 Å². The highest BCUT2D eigenvalue weighted by molar-refractivity contribution is 6.30. The van der Waals surface area contributed by atoms with Crippen molar-refractivity contribution in [3.05, 3.63) is 94.7 Å². The topological polar surface area (TPSA) is 55.0 Å². The van der Waals surface area contributed by atoms with Gasteiger partial charge in [-0.2, -0.15) is 0 Å². The van der Waals surface area contributed by atoms with Crippen LogP contribution in [0.5, 0.6) is 0 Å². The zero-order valence-corrected chi connectivity index (χ0v) is 16.2. The summed E-state index contributed by atoms with van der Waals surface area (Å²) in [5, 5.41) is 4.63. The minimum atomic E-state index is -0.386. The second kappa shape index (κ2) is 8.49. The van der Waals surface area contributed by atoms with E-state index in [9.17, 15) is 9.18 Å². The maximum absolute atomic E-state index is 14.0. The van der Waals surface area contributed by atoms with Gasteiger partial charge in [0, 0.05) is 23.6 Å². The van der Waals surface area contributed by atoms with Crippen molar-refractivity contribution < 1.29 is 18.4 Å². The van der Waals surface area contributed by atoms with Gasteiger partial charge in [0.2, 0.25) is 0 Å². The molecule has 1 aliphatic heterocycles. The molecule has 5 nitrogen and oxygen atoms in total. The fourth-order valence-corrected chi connectivity index (χ4v) is 3.47. The van der Waals surface area contributed by atoms with E-state index >= 15 is 0 Å². The number of halogens is 2. The summed E-state index contributed by atoms with van der Waals surface area (Å²) in [5.74, 6) is -0.379. The first kappa shape index (κ1) is 19.2. The Labute approximate surface area is 172 Å². The van der Waals surface area contributed by atoms with Crippen LogP contribution in [0, 0.1) is 5.82 Å². The van der Waals surface area contributed by atoms with E-state index in [1.54, 1.807) is 47.4 Å². The van der Waals surface area contributed by atoms with Crippen LogP contribution in [0.25, 0.3) is 0 Å². The van der Waals surface area contributed by atoms with Crippen LogP contribution in [-0.4, -0.2) is 29.2 Å². The van der Waals surface area contributed by atoms with E-state index in [-0.39, 0.29) is 30.1 Å². The van der Waals surface area contributed by atoms with Crippen molar-refractivity contribution in [2.75, 3.05) is 6.54 Å². The number of benzene rings is 2. The highest BCUT2D eigenvalue weighted by Crippen LogP contribution is 2.22. The summed E-state index contributed by atoms with van der Waals surface area (Å²) in [6.45, 7) is 0.600. The highest BCUT2D eigenvalue weighted by Gasteiger charge is 2.29. The van der Waals surface area contributed by atoms with E-state index in [1.165, 1.54) is 12.3 Å². The Balaban J connectivity index is 1.50. The number of furan rings is 1. The van der Waals surface area contributed by atoms with Gasteiger partial charge >= 0.3 is 0 Å². The minimum Gasteiger partial charge on any atom is -0.459 e. The first-order valence-electron chi connectivity index (χ1n) is 9.15. The van der Waals surface area contributed by atoms with Crippen molar-refractivity contribution in [1.29, 1.82) is 0 Å². The quantitative estimate of drug-likeness (QED) is 0.578. The number of hydrogen-bond acceptors (Lipinski definition) is 4. The molecule has 0 spiro atoms. The molecule has 0 saturated heterocycles. The summed E-state index contributed by atoms with van der Waals surface area (Å²) < 4.78 is 19.3. The normalized spacial score (nSPS) is 15.7. The average Bonchev–Trinajstić information content (AvgIpc) is 3.40. The molecule has 1 atom stereocenters. The summed E-state index contributed by atoms with van der Waals surface area (Å²) in [5.41, 5.74) is 1.82. The summed E-state index contributed by atoms with van der Waals surface area (Å²) in [6, 6.07) is 17.0. The average molecular weight is 413 g/mol. The molecule has 1 unspecified atom stereocenters. The number of amides is 1. The van der Waals surface area contributed by atoms with Crippen molar-refractivity contribution in [2.45, 2.75) is 19.1 Å². The largest absolute Gasteiger partial charge is 0.459 e. The number of nitrogens with zero attached hydrogens (tertiary/aromatic N) is 2. The summed E-state index contributed by atoms with van der Waals surface area (Å²) >= 11 is 6.08. The molecule has 7 heteroatoms. The molecule has 1 aliphatic rings. The molecule has 0 fully saturated rings. The zero-order chi connectivity index (χ0) is 20.2. The highest BCUT2D eigenvalue weighted by atomic mass is 35.5. The molecule has 1 amide bonds. The van der Waals surface area contributed by atoms with Gasteiger partial charge in [-0.1, -0.05) is 47.1 Å². The third-order valence-electron chi connectivity index (χ3n) is 4.62. The summed E-state index contributed by atoms with van der Waals surface area (Å²) in [4.78, 5) is 20.1. The number of hydrogen-bond donors (Lipinski definition) is 0.